The smallest absolute Gasteiger partial charge is 0.315 e. The Bertz CT molecular complexity index is 1710. The summed E-state index contributed by atoms with van der Waals surface area (Å²) in [6.07, 6.45) is -0.840. The number of aromatic nitrogens is 1. The van der Waals surface area contributed by atoms with Gasteiger partial charge in [0.2, 0.25) is 0 Å². The second-order valence-corrected chi connectivity index (χ2v) is 13.4. The van der Waals surface area contributed by atoms with Crippen LogP contribution in [0.2, 0.25) is 0 Å². The molecule has 0 saturated carbocycles. The maximum atomic E-state index is 11.9. The molecule has 1 fully saturated rings. The van der Waals surface area contributed by atoms with Gasteiger partial charge in [-0.2, -0.15) is 0 Å². The third-order valence-corrected chi connectivity index (χ3v) is 10.2. The maximum Gasteiger partial charge on any atom is 0.315 e. The number of urea groups is 1. The molecular weight excluding hydrogens is 603 g/mol. The van der Waals surface area contributed by atoms with Gasteiger partial charge in [0.15, 0.2) is 10.6 Å². The number of nitrogens with zero attached hydrogens (tertiary/aromatic N) is 1. The number of hydrogen-bond donors (Lipinski definition) is 3. The van der Waals surface area contributed by atoms with E-state index in [4.69, 9.17) is 14.5 Å². The molecule has 0 aliphatic carbocycles. The van der Waals surface area contributed by atoms with Crippen molar-refractivity contribution in [2.75, 3.05) is 12.3 Å². The Morgan fingerprint density at radius 3 is 2.44 bits per heavy atom. The van der Waals surface area contributed by atoms with Gasteiger partial charge in [0.05, 0.1) is 29.0 Å². The van der Waals surface area contributed by atoms with Gasteiger partial charge in [0.1, 0.15) is 0 Å². The Morgan fingerprint density at radius 1 is 0.889 bits per heavy atom. The number of fused-ring (bicyclic) bond motifs is 1. The predicted octanol–water partition coefficient (Wildman–Crippen LogP) is 7.86. The molecule has 6 rings (SSSR count). The standard InChI is InChI=1S/C36H37N3O4S2/c1-3-37-35(41)38-20-25-8-6-9-27(18-25)28-10-7-11-29(19-28)34-42-31(22-44-36-39-30-12-4-5-13-32(30)45-36)23(2)33(43-34)26-16-14-24(21-40)15-17-26/h4-19,23,31,33-34,40H,3,20-22H2,1-2H3,(H2,37,38,41)/t23-,31+,33+,34+/m1/s1. The van der Waals surface area contributed by atoms with Crippen LogP contribution in [-0.2, 0) is 22.6 Å². The van der Waals surface area contributed by atoms with E-state index >= 15 is 0 Å². The summed E-state index contributed by atoms with van der Waals surface area (Å²) in [4.78, 5) is 16.7. The number of benzene rings is 4. The Hall–Kier alpha value is -3.73. The molecule has 5 aromatic rings. The van der Waals surface area contributed by atoms with E-state index in [1.54, 1.807) is 23.1 Å². The lowest BCUT2D eigenvalue weighted by molar-refractivity contribution is -0.268. The van der Waals surface area contributed by atoms with Crippen molar-refractivity contribution in [3.05, 3.63) is 119 Å². The number of aliphatic hydroxyl groups excluding tert-OH is 1. The van der Waals surface area contributed by atoms with Crippen molar-refractivity contribution in [2.24, 2.45) is 5.92 Å². The number of aliphatic hydroxyl groups is 1. The lowest BCUT2D eigenvalue weighted by atomic mass is 9.91. The number of nitrogens with one attached hydrogen (secondary N) is 2. The van der Waals surface area contributed by atoms with Gasteiger partial charge in [0.25, 0.3) is 0 Å². The molecule has 0 spiro atoms. The first-order valence-electron chi connectivity index (χ1n) is 15.2. The van der Waals surface area contributed by atoms with E-state index in [2.05, 4.69) is 47.9 Å². The van der Waals surface area contributed by atoms with Gasteiger partial charge in [-0.15, -0.1) is 11.3 Å². The number of thioether (sulfide) groups is 1. The molecule has 1 aliphatic rings. The first-order chi connectivity index (χ1) is 22.0. The molecule has 1 aromatic heterocycles. The van der Waals surface area contributed by atoms with Crippen LogP contribution in [0.4, 0.5) is 4.79 Å². The molecule has 45 heavy (non-hydrogen) atoms. The largest absolute Gasteiger partial charge is 0.392 e. The fourth-order valence-electron chi connectivity index (χ4n) is 5.51. The topological polar surface area (TPSA) is 92.7 Å². The number of hydrogen-bond acceptors (Lipinski definition) is 7. The van der Waals surface area contributed by atoms with Crippen LogP contribution in [0.3, 0.4) is 0 Å². The molecule has 9 heteroatoms. The van der Waals surface area contributed by atoms with Crippen LogP contribution in [0, 0.1) is 5.92 Å². The summed E-state index contributed by atoms with van der Waals surface area (Å²) in [6.45, 7) is 5.11. The Kier molecular flexibility index (Phi) is 10.1. The maximum absolute atomic E-state index is 11.9. The van der Waals surface area contributed by atoms with Crippen LogP contribution in [0.15, 0.2) is 101 Å². The molecule has 232 valence electrons. The molecule has 4 atom stereocenters. The summed E-state index contributed by atoms with van der Waals surface area (Å²) < 4.78 is 15.6. The summed E-state index contributed by atoms with van der Waals surface area (Å²) in [6, 6.07) is 32.5. The number of para-hydroxylation sites is 1. The quantitative estimate of drug-likeness (QED) is 0.135. The van der Waals surface area contributed by atoms with Gasteiger partial charge in [-0.1, -0.05) is 91.5 Å². The molecule has 2 heterocycles. The van der Waals surface area contributed by atoms with E-state index in [1.165, 1.54) is 4.70 Å². The highest BCUT2D eigenvalue weighted by atomic mass is 32.2. The fraction of sp³-hybridized carbons (Fsp3) is 0.278. The first kappa shape index (κ1) is 31.3. The van der Waals surface area contributed by atoms with Crippen molar-refractivity contribution in [1.29, 1.82) is 0 Å². The average molecular weight is 640 g/mol. The number of carbonyl (C=O) groups is 1. The van der Waals surface area contributed by atoms with Crippen molar-refractivity contribution in [1.82, 2.24) is 15.6 Å². The first-order valence-corrected chi connectivity index (χ1v) is 17.0. The lowest BCUT2D eigenvalue weighted by Crippen LogP contribution is -2.38. The van der Waals surface area contributed by atoms with E-state index in [1.807, 2.05) is 73.7 Å². The molecular formula is C36H37N3O4S2. The Labute approximate surface area is 272 Å². The summed E-state index contributed by atoms with van der Waals surface area (Å²) >= 11 is 3.44. The van der Waals surface area contributed by atoms with Gasteiger partial charge < -0.3 is 25.2 Å². The van der Waals surface area contributed by atoms with Crippen LogP contribution in [0.25, 0.3) is 21.3 Å². The molecule has 2 amide bonds. The van der Waals surface area contributed by atoms with Crippen molar-refractivity contribution in [2.45, 2.75) is 49.8 Å². The highest BCUT2D eigenvalue weighted by Gasteiger charge is 2.38. The number of ether oxygens (including phenoxy) is 2. The Morgan fingerprint density at radius 2 is 1.67 bits per heavy atom. The molecule has 0 unspecified atom stereocenters. The monoisotopic (exact) mass is 639 g/mol. The number of rotatable bonds is 10. The summed E-state index contributed by atoms with van der Waals surface area (Å²) in [5, 5.41) is 15.3. The van der Waals surface area contributed by atoms with Gasteiger partial charge in [-0.25, -0.2) is 9.78 Å². The Balaban J connectivity index is 1.24. The van der Waals surface area contributed by atoms with Gasteiger partial charge >= 0.3 is 6.03 Å². The molecule has 7 nitrogen and oxygen atoms in total. The summed E-state index contributed by atoms with van der Waals surface area (Å²) in [7, 11) is 0. The van der Waals surface area contributed by atoms with Gasteiger partial charge in [-0.05, 0) is 59.0 Å². The van der Waals surface area contributed by atoms with E-state index in [-0.39, 0.29) is 30.8 Å². The predicted molar refractivity (Wildman–Crippen MR) is 181 cm³/mol. The van der Waals surface area contributed by atoms with Crippen LogP contribution < -0.4 is 10.6 Å². The second-order valence-electron chi connectivity index (χ2n) is 11.1. The second kappa shape index (κ2) is 14.6. The third-order valence-electron chi connectivity index (χ3n) is 7.98. The highest BCUT2D eigenvalue weighted by Crippen LogP contribution is 2.44. The van der Waals surface area contributed by atoms with Crippen LogP contribution in [0.1, 0.15) is 48.5 Å². The van der Waals surface area contributed by atoms with Crippen molar-refractivity contribution in [3.8, 4) is 11.1 Å². The zero-order valence-electron chi connectivity index (χ0n) is 25.3. The summed E-state index contributed by atoms with van der Waals surface area (Å²) in [5.41, 5.74) is 7.00. The van der Waals surface area contributed by atoms with Crippen molar-refractivity contribution < 1.29 is 19.4 Å². The average Bonchev–Trinajstić information content (AvgIpc) is 3.50. The van der Waals surface area contributed by atoms with Crippen LogP contribution in [0.5, 0.6) is 0 Å². The highest BCUT2D eigenvalue weighted by molar-refractivity contribution is 8.01. The minimum absolute atomic E-state index is 0.00448. The van der Waals surface area contributed by atoms with Crippen LogP contribution >= 0.6 is 23.1 Å². The van der Waals surface area contributed by atoms with Crippen LogP contribution in [-0.4, -0.2) is 34.5 Å². The number of carbonyl (C=O) groups excluding carboxylic acids is 1. The van der Waals surface area contributed by atoms with E-state index in [9.17, 15) is 9.90 Å². The molecule has 1 aliphatic heterocycles. The van der Waals surface area contributed by atoms with Gasteiger partial charge in [0, 0.05) is 30.3 Å². The number of thiazole rings is 1. The normalized spacial score (nSPS) is 19.8. The minimum atomic E-state index is -0.563. The van der Waals surface area contributed by atoms with E-state index < -0.39 is 6.29 Å². The summed E-state index contributed by atoms with van der Waals surface area (Å²) in [5.74, 6) is 0.826. The van der Waals surface area contributed by atoms with E-state index in [0.29, 0.717) is 13.1 Å². The third kappa shape index (κ3) is 7.57. The molecule has 4 aromatic carbocycles. The molecule has 0 radical (unpaired) electrons. The zero-order chi connectivity index (χ0) is 31.2. The number of amides is 2. The zero-order valence-corrected chi connectivity index (χ0v) is 26.9. The fourth-order valence-corrected chi connectivity index (χ4v) is 7.77. The van der Waals surface area contributed by atoms with Crippen molar-refractivity contribution >= 4 is 39.3 Å². The molecule has 1 saturated heterocycles. The van der Waals surface area contributed by atoms with E-state index in [0.717, 1.165) is 49.0 Å². The lowest BCUT2D eigenvalue weighted by Gasteiger charge is -2.41. The SMILES string of the molecule is CCNC(=O)NCc1cccc(-c2cccc([C@H]3O[C@@H](CSc4nc5ccccc5s4)[C@@H](C)[C@@H](c4ccc(CO)cc4)O3)c2)c1. The minimum Gasteiger partial charge on any atom is -0.392 e. The molecule has 3 N–H and O–H groups in total. The van der Waals surface area contributed by atoms with Crippen molar-refractivity contribution in [3.63, 3.8) is 0 Å². The van der Waals surface area contributed by atoms with Gasteiger partial charge in [-0.3, -0.25) is 0 Å². The molecule has 0 bridgehead atoms.